The van der Waals surface area contributed by atoms with E-state index in [1.807, 2.05) is 0 Å². The topological polar surface area (TPSA) is 79.6 Å². The van der Waals surface area contributed by atoms with Crippen LogP contribution in [0.25, 0.3) is 0 Å². The summed E-state index contributed by atoms with van der Waals surface area (Å²) in [7, 11) is -2.07. The fraction of sp³-hybridized carbons (Fsp3) is 0.643. The van der Waals surface area contributed by atoms with Gasteiger partial charge in [-0.3, -0.25) is 0 Å². The normalized spacial score (nSPS) is 19.6. The molecule has 0 unspecified atom stereocenters. The molecule has 2 rings (SSSR count). The minimum atomic E-state index is -3.61. The van der Waals surface area contributed by atoms with Crippen molar-refractivity contribution in [2.45, 2.75) is 38.0 Å². The van der Waals surface area contributed by atoms with Gasteiger partial charge in [0.25, 0.3) is 0 Å². The van der Waals surface area contributed by atoms with E-state index in [0.717, 1.165) is 19.3 Å². The van der Waals surface area contributed by atoms with E-state index in [0.29, 0.717) is 13.1 Å². The molecular weight excluding hydrogens is 292 g/mol. The van der Waals surface area contributed by atoms with Gasteiger partial charge in [0.2, 0.25) is 10.0 Å². The molecule has 1 aromatic rings. The van der Waals surface area contributed by atoms with Gasteiger partial charge in [-0.15, -0.1) is 0 Å². The molecule has 1 aliphatic rings. The van der Waals surface area contributed by atoms with Crippen molar-refractivity contribution in [3.63, 3.8) is 0 Å². The Labute approximate surface area is 125 Å². The van der Waals surface area contributed by atoms with Crippen LogP contribution >= 0.6 is 0 Å². The third-order valence-electron chi connectivity index (χ3n) is 4.62. The highest BCUT2D eigenvalue weighted by Gasteiger charge is 2.35. The lowest BCUT2D eigenvalue weighted by Crippen LogP contribution is -2.41. The van der Waals surface area contributed by atoms with Crippen molar-refractivity contribution >= 4 is 16.0 Å². The van der Waals surface area contributed by atoms with Gasteiger partial charge >= 0.3 is 5.97 Å². The van der Waals surface area contributed by atoms with Crippen LogP contribution in [0, 0.1) is 5.41 Å². The average Bonchev–Trinajstić information content (AvgIpc) is 2.82. The predicted octanol–water partition coefficient (Wildman–Crippen LogP) is 1.92. The molecule has 1 aromatic heterocycles. The number of hydrogen-bond donors (Lipinski definition) is 1. The SMILES string of the molecule is CCC1(C)CCN(S(=O)(=O)c2cc(C(=O)O)n(C)c2)CC1. The molecule has 7 heteroatoms. The molecule has 0 radical (unpaired) electrons. The van der Waals surface area contributed by atoms with Gasteiger partial charge in [-0.25, -0.2) is 13.2 Å². The van der Waals surface area contributed by atoms with E-state index in [-0.39, 0.29) is 16.0 Å². The first-order valence-corrected chi connectivity index (χ1v) is 8.53. The smallest absolute Gasteiger partial charge is 0.352 e. The zero-order valence-corrected chi connectivity index (χ0v) is 13.5. The summed E-state index contributed by atoms with van der Waals surface area (Å²) in [6.07, 6.45) is 4.07. The van der Waals surface area contributed by atoms with Gasteiger partial charge in [0.1, 0.15) is 10.6 Å². The molecular formula is C14H22N2O4S. The summed E-state index contributed by atoms with van der Waals surface area (Å²) in [4.78, 5) is 11.1. The molecule has 0 bridgehead atoms. The number of aryl methyl sites for hydroxylation is 1. The average molecular weight is 314 g/mol. The van der Waals surface area contributed by atoms with Crippen molar-refractivity contribution in [2.75, 3.05) is 13.1 Å². The maximum atomic E-state index is 12.6. The largest absolute Gasteiger partial charge is 0.477 e. The van der Waals surface area contributed by atoms with E-state index in [4.69, 9.17) is 5.11 Å². The second-order valence-electron chi connectivity index (χ2n) is 6.05. The number of carboxylic acids is 1. The molecule has 1 fully saturated rings. The van der Waals surface area contributed by atoms with Crippen LogP contribution in [0.4, 0.5) is 0 Å². The summed E-state index contributed by atoms with van der Waals surface area (Å²) < 4.78 is 28.0. The zero-order valence-electron chi connectivity index (χ0n) is 12.7. The summed E-state index contributed by atoms with van der Waals surface area (Å²) in [6, 6.07) is 1.23. The van der Waals surface area contributed by atoms with Crippen LogP contribution in [-0.4, -0.2) is 41.5 Å². The Morgan fingerprint density at radius 1 is 1.38 bits per heavy atom. The van der Waals surface area contributed by atoms with E-state index >= 15 is 0 Å². The number of hydrogen-bond acceptors (Lipinski definition) is 3. The highest BCUT2D eigenvalue weighted by atomic mass is 32.2. The second kappa shape index (κ2) is 5.46. The van der Waals surface area contributed by atoms with Gasteiger partial charge in [0.15, 0.2) is 0 Å². The highest BCUT2D eigenvalue weighted by Crippen LogP contribution is 2.35. The van der Waals surface area contributed by atoms with Crippen molar-refractivity contribution in [1.82, 2.24) is 8.87 Å². The summed E-state index contributed by atoms with van der Waals surface area (Å²) in [5.74, 6) is -1.13. The Balaban J connectivity index is 2.24. The molecule has 0 amide bonds. The van der Waals surface area contributed by atoms with Gasteiger partial charge in [-0.05, 0) is 24.3 Å². The van der Waals surface area contributed by atoms with Crippen LogP contribution in [0.3, 0.4) is 0 Å². The quantitative estimate of drug-likeness (QED) is 0.921. The monoisotopic (exact) mass is 314 g/mol. The minimum absolute atomic E-state index is 0.0241. The molecule has 1 aliphatic heterocycles. The lowest BCUT2D eigenvalue weighted by Gasteiger charge is -2.38. The Morgan fingerprint density at radius 2 is 1.95 bits per heavy atom. The number of piperidine rings is 1. The maximum absolute atomic E-state index is 12.6. The number of aromatic nitrogens is 1. The van der Waals surface area contributed by atoms with Gasteiger partial charge in [-0.2, -0.15) is 4.31 Å². The third kappa shape index (κ3) is 2.98. The number of rotatable bonds is 4. The van der Waals surface area contributed by atoms with E-state index in [9.17, 15) is 13.2 Å². The standard InChI is InChI=1S/C14H22N2O4S/c1-4-14(2)5-7-16(8-6-14)21(19,20)11-9-12(13(17)18)15(3)10-11/h9-10H,4-8H2,1-3H3,(H,17,18). The molecule has 0 saturated carbocycles. The Kier molecular flexibility index (Phi) is 4.17. The summed E-state index contributed by atoms with van der Waals surface area (Å²) >= 11 is 0. The first-order chi connectivity index (χ1) is 9.69. The number of carboxylic acid groups (broad SMARTS) is 1. The summed E-state index contributed by atoms with van der Waals surface area (Å²) in [5.41, 5.74) is 0.179. The molecule has 6 nitrogen and oxygen atoms in total. The number of nitrogens with zero attached hydrogens (tertiary/aromatic N) is 2. The van der Waals surface area contributed by atoms with Crippen LogP contribution in [-0.2, 0) is 17.1 Å². The summed E-state index contributed by atoms with van der Waals surface area (Å²) in [6.45, 7) is 5.29. The van der Waals surface area contributed by atoms with Gasteiger partial charge in [0.05, 0.1) is 0 Å². The van der Waals surface area contributed by atoms with Gasteiger partial charge in [-0.1, -0.05) is 20.3 Å². The number of carbonyl (C=O) groups is 1. The highest BCUT2D eigenvalue weighted by molar-refractivity contribution is 7.89. The number of sulfonamides is 1. The lowest BCUT2D eigenvalue weighted by atomic mass is 9.79. The van der Waals surface area contributed by atoms with Gasteiger partial charge in [0, 0.05) is 26.3 Å². The molecule has 2 heterocycles. The molecule has 0 aromatic carbocycles. The second-order valence-corrected chi connectivity index (χ2v) is 7.98. The van der Waals surface area contributed by atoms with E-state index in [1.165, 1.54) is 28.2 Å². The van der Waals surface area contributed by atoms with Crippen LogP contribution in [0.1, 0.15) is 43.6 Å². The lowest BCUT2D eigenvalue weighted by molar-refractivity contribution is 0.0686. The van der Waals surface area contributed by atoms with E-state index in [1.54, 1.807) is 0 Å². The van der Waals surface area contributed by atoms with E-state index < -0.39 is 16.0 Å². The minimum Gasteiger partial charge on any atom is -0.477 e. The number of aromatic carboxylic acids is 1. The Morgan fingerprint density at radius 3 is 2.38 bits per heavy atom. The zero-order chi connectivity index (χ0) is 15.8. The Hall–Kier alpha value is -1.34. The van der Waals surface area contributed by atoms with Crippen LogP contribution in [0.15, 0.2) is 17.2 Å². The van der Waals surface area contributed by atoms with Gasteiger partial charge < -0.3 is 9.67 Å². The van der Waals surface area contributed by atoms with Crippen molar-refractivity contribution in [3.8, 4) is 0 Å². The molecule has 0 atom stereocenters. The van der Waals surface area contributed by atoms with Crippen LogP contribution in [0.5, 0.6) is 0 Å². The molecule has 0 aliphatic carbocycles. The van der Waals surface area contributed by atoms with Crippen molar-refractivity contribution < 1.29 is 18.3 Å². The fourth-order valence-corrected chi connectivity index (χ4v) is 4.17. The summed E-state index contributed by atoms with van der Waals surface area (Å²) in [5, 5.41) is 9.03. The first kappa shape index (κ1) is 16.0. The molecule has 21 heavy (non-hydrogen) atoms. The van der Waals surface area contributed by atoms with E-state index in [2.05, 4.69) is 13.8 Å². The van der Waals surface area contributed by atoms with Crippen molar-refractivity contribution in [1.29, 1.82) is 0 Å². The van der Waals surface area contributed by atoms with Crippen molar-refractivity contribution in [3.05, 3.63) is 18.0 Å². The molecule has 1 saturated heterocycles. The maximum Gasteiger partial charge on any atom is 0.352 e. The first-order valence-electron chi connectivity index (χ1n) is 7.09. The predicted molar refractivity (Wildman–Crippen MR) is 78.8 cm³/mol. The molecule has 0 spiro atoms. The van der Waals surface area contributed by atoms with Crippen molar-refractivity contribution in [2.24, 2.45) is 12.5 Å². The fourth-order valence-electron chi connectivity index (χ4n) is 2.66. The molecule has 1 N–H and O–H groups in total. The van der Waals surface area contributed by atoms with Crippen LogP contribution in [0.2, 0.25) is 0 Å². The van der Waals surface area contributed by atoms with Crippen LogP contribution < -0.4 is 0 Å². The Bertz CT molecular complexity index is 640. The molecule has 118 valence electrons. The third-order valence-corrected chi connectivity index (χ3v) is 6.48.